The van der Waals surface area contributed by atoms with Crippen LogP contribution in [0.25, 0.3) is 0 Å². The second-order valence-electron chi connectivity index (χ2n) is 7.68. The summed E-state index contributed by atoms with van der Waals surface area (Å²) in [7, 11) is -1.76. The summed E-state index contributed by atoms with van der Waals surface area (Å²) < 4.78 is 29.0. The minimum Gasteiger partial charge on any atom is -0.345 e. The zero-order valence-electron chi connectivity index (χ0n) is 16.5. The summed E-state index contributed by atoms with van der Waals surface area (Å²) in [5, 5.41) is 3.38. The van der Waals surface area contributed by atoms with Crippen molar-refractivity contribution in [1.82, 2.24) is 19.1 Å². The Balaban J connectivity index is 1.68. The van der Waals surface area contributed by atoms with E-state index in [9.17, 15) is 13.2 Å². The number of aryl methyl sites for hydroxylation is 1. The van der Waals surface area contributed by atoms with Crippen molar-refractivity contribution >= 4 is 15.9 Å². The molecular formula is C19H32N4O3S. The Morgan fingerprint density at radius 2 is 1.81 bits per heavy atom. The first kappa shape index (κ1) is 20.4. The van der Waals surface area contributed by atoms with E-state index < -0.39 is 10.0 Å². The van der Waals surface area contributed by atoms with Crippen LogP contribution in [-0.2, 0) is 17.1 Å². The lowest BCUT2D eigenvalue weighted by atomic mass is 9.96. The molecule has 0 unspecified atom stereocenters. The van der Waals surface area contributed by atoms with Gasteiger partial charge in [-0.1, -0.05) is 13.3 Å². The van der Waals surface area contributed by atoms with Gasteiger partial charge in [-0.25, -0.2) is 8.42 Å². The number of likely N-dealkylation sites (tertiary alicyclic amines) is 1. The van der Waals surface area contributed by atoms with Gasteiger partial charge in [-0.2, -0.15) is 4.31 Å². The summed E-state index contributed by atoms with van der Waals surface area (Å²) in [5.41, 5.74) is 0.454. The third kappa shape index (κ3) is 4.55. The molecule has 0 spiro atoms. The summed E-state index contributed by atoms with van der Waals surface area (Å²) in [5.74, 6) is 0.539. The highest BCUT2D eigenvalue weighted by atomic mass is 32.2. The number of carbonyl (C=O) groups is 1. The van der Waals surface area contributed by atoms with Gasteiger partial charge in [0.05, 0.1) is 0 Å². The number of nitrogens with zero attached hydrogens (tertiary/aromatic N) is 3. The van der Waals surface area contributed by atoms with Crippen LogP contribution in [0.1, 0.15) is 49.5 Å². The number of sulfonamides is 1. The lowest BCUT2D eigenvalue weighted by Gasteiger charge is -2.32. The summed E-state index contributed by atoms with van der Waals surface area (Å²) in [4.78, 5) is 15.0. The molecule has 0 atom stereocenters. The summed E-state index contributed by atoms with van der Waals surface area (Å²) in [6.45, 7) is 6.67. The maximum Gasteiger partial charge on any atom is 0.270 e. The van der Waals surface area contributed by atoms with E-state index in [0.29, 0.717) is 24.7 Å². The molecule has 0 saturated carbocycles. The molecule has 7 nitrogen and oxygen atoms in total. The third-order valence-corrected chi connectivity index (χ3v) is 7.60. The molecule has 3 rings (SSSR count). The summed E-state index contributed by atoms with van der Waals surface area (Å²) in [6, 6.07) is 1.55. The molecule has 2 fully saturated rings. The molecule has 1 aromatic heterocycles. The van der Waals surface area contributed by atoms with Crippen molar-refractivity contribution in [3.05, 3.63) is 18.0 Å². The Morgan fingerprint density at radius 1 is 1.15 bits per heavy atom. The van der Waals surface area contributed by atoms with Gasteiger partial charge in [-0.3, -0.25) is 4.79 Å². The van der Waals surface area contributed by atoms with E-state index in [2.05, 4.69) is 12.2 Å². The fourth-order valence-electron chi connectivity index (χ4n) is 3.99. The highest BCUT2D eigenvalue weighted by Gasteiger charge is 2.30. The molecule has 2 aliphatic rings. The largest absolute Gasteiger partial charge is 0.345 e. The number of nitrogens with one attached hydrogen (secondary N) is 1. The number of hydrogen-bond acceptors (Lipinski definition) is 4. The molecule has 0 aromatic carbocycles. The molecular weight excluding hydrogens is 364 g/mol. The molecule has 8 heteroatoms. The van der Waals surface area contributed by atoms with Crippen molar-refractivity contribution in [1.29, 1.82) is 0 Å². The van der Waals surface area contributed by atoms with Gasteiger partial charge in [0.1, 0.15) is 10.6 Å². The van der Waals surface area contributed by atoms with Gasteiger partial charge in [0.25, 0.3) is 5.91 Å². The van der Waals surface area contributed by atoms with Crippen LogP contribution < -0.4 is 5.32 Å². The number of aromatic nitrogens is 1. The molecule has 0 radical (unpaired) electrons. The van der Waals surface area contributed by atoms with Gasteiger partial charge in [-0.05, 0) is 50.8 Å². The molecule has 2 saturated heterocycles. The van der Waals surface area contributed by atoms with Crippen molar-refractivity contribution < 1.29 is 13.2 Å². The van der Waals surface area contributed by atoms with E-state index in [1.54, 1.807) is 28.2 Å². The van der Waals surface area contributed by atoms with Crippen LogP contribution in [-0.4, -0.2) is 67.4 Å². The number of carbonyl (C=O) groups excluding carboxylic acids is 1. The maximum atomic E-state index is 12.9. The van der Waals surface area contributed by atoms with Crippen molar-refractivity contribution in [2.75, 3.05) is 39.3 Å². The normalized spacial score (nSPS) is 20.1. The highest BCUT2D eigenvalue weighted by molar-refractivity contribution is 7.89. The van der Waals surface area contributed by atoms with Crippen LogP contribution in [0.4, 0.5) is 0 Å². The van der Waals surface area contributed by atoms with E-state index in [1.165, 1.54) is 0 Å². The summed E-state index contributed by atoms with van der Waals surface area (Å²) >= 11 is 0. The molecule has 1 aromatic rings. The first-order chi connectivity index (χ1) is 12.9. The van der Waals surface area contributed by atoms with Crippen molar-refractivity contribution in [2.24, 2.45) is 13.0 Å². The molecule has 2 aliphatic heterocycles. The average Bonchev–Trinajstić information content (AvgIpc) is 3.09. The molecule has 152 valence electrons. The number of hydrogen-bond donors (Lipinski definition) is 1. The quantitative estimate of drug-likeness (QED) is 0.794. The van der Waals surface area contributed by atoms with E-state index >= 15 is 0 Å². The van der Waals surface area contributed by atoms with Gasteiger partial charge in [0, 0.05) is 39.4 Å². The first-order valence-corrected chi connectivity index (χ1v) is 11.5. The molecule has 0 bridgehead atoms. The lowest BCUT2D eigenvalue weighted by molar-refractivity contribution is 0.0680. The van der Waals surface area contributed by atoms with E-state index in [-0.39, 0.29) is 10.8 Å². The second kappa shape index (κ2) is 8.75. The van der Waals surface area contributed by atoms with Gasteiger partial charge in [0.15, 0.2) is 0 Å². The number of rotatable bonds is 6. The Morgan fingerprint density at radius 3 is 2.44 bits per heavy atom. The standard InChI is InChI=1S/C19H32N4O3S/c1-3-20-14-16-7-11-22(12-8-16)19(24)18-13-17(15-21(18)2)27(25,26)23-9-5-4-6-10-23/h13,15-16,20H,3-12,14H2,1-2H3. The fraction of sp³-hybridized carbons (Fsp3) is 0.737. The molecule has 3 heterocycles. The Labute approximate surface area is 162 Å². The van der Waals surface area contributed by atoms with Crippen LogP contribution in [0.5, 0.6) is 0 Å². The Hall–Kier alpha value is -1.38. The zero-order chi connectivity index (χ0) is 19.4. The average molecular weight is 397 g/mol. The molecule has 0 aliphatic carbocycles. The molecule has 27 heavy (non-hydrogen) atoms. The van der Waals surface area contributed by atoms with Crippen LogP contribution in [0, 0.1) is 5.92 Å². The predicted molar refractivity (Wildman–Crippen MR) is 105 cm³/mol. The van der Waals surface area contributed by atoms with Gasteiger partial charge >= 0.3 is 0 Å². The Kier molecular flexibility index (Phi) is 6.60. The number of amides is 1. The molecule has 1 amide bonds. The zero-order valence-corrected chi connectivity index (χ0v) is 17.3. The van der Waals surface area contributed by atoms with Crippen LogP contribution in [0.3, 0.4) is 0 Å². The maximum absolute atomic E-state index is 12.9. The third-order valence-electron chi connectivity index (χ3n) is 5.74. The van der Waals surface area contributed by atoms with Crippen molar-refractivity contribution in [3.63, 3.8) is 0 Å². The topological polar surface area (TPSA) is 74.7 Å². The van der Waals surface area contributed by atoms with Gasteiger partial charge in [0.2, 0.25) is 10.0 Å². The SMILES string of the molecule is CCNCC1CCN(C(=O)c2cc(S(=O)(=O)N3CCCCC3)cn2C)CC1. The van der Waals surface area contributed by atoms with E-state index in [0.717, 1.165) is 58.3 Å². The number of piperidine rings is 2. The van der Waals surface area contributed by atoms with Gasteiger partial charge < -0.3 is 14.8 Å². The van der Waals surface area contributed by atoms with E-state index in [1.807, 2.05) is 4.90 Å². The monoisotopic (exact) mass is 396 g/mol. The fourth-order valence-corrected chi connectivity index (χ4v) is 5.58. The lowest BCUT2D eigenvalue weighted by Crippen LogP contribution is -2.41. The van der Waals surface area contributed by atoms with Crippen molar-refractivity contribution in [2.45, 2.75) is 43.9 Å². The summed E-state index contributed by atoms with van der Waals surface area (Å²) in [6.07, 6.45) is 6.44. The smallest absolute Gasteiger partial charge is 0.270 e. The second-order valence-corrected chi connectivity index (χ2v) is 9.62. The molecule has 1 N–H and O–H groups in total. The van der Waals surface area contributed by atoms with Crippen molar-refractivity contribution in [3.8, 4) is 0 Å². The first-order valence-electron chi connectivity index (χ1n) is 10.1. The highest BCUT2D eigenvalue weighted by Crippen LogP contribution is 2.24. The van der Waals surface area contributed by atoms with Crippen LogP contribution in [0.2, 0.25) is 0 Å². The minimum absolute atomic E-state index is 0.0699. The van der Waals surface area contributed by atoms with E-state index in [4.69, 9.17) is 0 Å². The van der Waals surface area contributed by atoms with Gasteiger partial charge in [-0.15, -0.1) is 0 Å². The van der Waals surface area contributed by atoms with Crippen LogP contribution in [0.15, 0.2) is 17.2 Å². The van der Waals surface area contributed by atoms with Crippen LogP contribution >= 0.6 is 0 Å². The minimum atomic E-state index is -3.51. The predicted octanol–water partition coefficient (Wildman–Crippen LogP) is 1.66. The Bertz CT molecular complexity index is 745.